The van der Waals surface area contributed by atoms with Gasteiger partial charge in [0.05, 0.1) is 0 Å². The number of aromatic nitrogens is 4. The van der Waals surface area contributed by atoms with Crippen molar-refractivity contribution in [1.82, 2.24) is 18.7 Å². The van der Waals surface area contributed by atoms with Gasteiger partial charge in [-0.05, 0) is 11.8 Å². The number of hydrogen-bond donors (Lipinski definition) is 0. The topological polar surface area (TPSA) is 65.1 Å². The van der Waals surface area contributed by atoms with Gasteiger partial charge < -0.3 is 9.47 Å². The molecule has 2 heterocycles. The Morgan fingerprint density at radius 3 is 1.91 bits per heavy atom. The summed E-state index contributed by atoms with van der Waals surface area (Å²) in [6.45, 7) is 10.3. The molecule has 0 unspecified atom stereocenters. The molecule has 7 heteroatoms. The second kappa shape index (κ2) is 6.22. The molecule has 2 aromatic rings. The predicted molar refractivity (Wildman–Crippen MR) is 93.1 cm³/mol. The van der Waals surface area contributed by atoms with E-state index in [1.54, 1.807) is 7.05 Å². The molecule has 0 atom stereocenters. The maximum atomic E-state index is 12.5. The molecule has 0 aliphatic carbocycles. The molecule has 7 nitrogen and oxygen atoms in total. The minimum Gasteiger partial charge on any atom is -0.342 e. The summed E-state index contributed by atoms with van der Waals surface area (Å²) in [7, 11) is 4.98. The first-order chi connectivity index (χ1) is 10.6. The molecule has 0 aliphatic rings. The molecule has 0 spiro atoms. The van der Waals surface area contributed by atoms with Crippen molar-refractivity contribution >= 4 is 17.1 Å². The van der Waals surface area contributed by atoms with Gasteiger partial charge in [-0.25, -0.2) is 4.79 Å². The zero-order valence-electron chi connectivity index (χ0n) is 15.1. The van der Waals surface area contributed by atoms with E-state index in [4.69, 9.17) is 0 Å². The van der Waals surface area contributed by atoms with Crippen molar-refractivity contribution in [1.29, 1.82) is 0 Å². The van der Waals surface area contributed by atoms with Gasteiger partial charge >= 0.3 is 5.69 Å². The smallest absolute Gasteiger partial charge is 0.332 e. The van der Waals surface area contributed by atoms with E-state index in [9.17, 15) is 9.59 Å². The molecule has 0 amide bonds. The first-order valence-electron chi connectivity index (χ1n) is 8.02. The van der Waals surface area contributed by atoms with E-state index >= 15 is 0 Å². The van der Waals surface area contributed by atoms with Crippen LogP contribution in [0.25, 0.3) is 11.2 Å². The maximum Gasteiger partial charge on any atom is 0.332 e. The third-order valence-electron chi connectivity index (χ3n) is 3.91. The van der Waals surface area contributed by atoms with Gasteiger partial charge in [-0.15, -0.1) is 0 Å². The zero-order valence-corrected chi connectivity index (χ0v) is 15.1. The standard InChI is InChI=1S/C16H27N5O2/c1-10(2)8-21(9-11(3)4)15-17-13-12(18(15)5)14(22)20(7)16(23)19(13)6/h10-11H,8-9H2,1-7H3. The summed E-state index contributed by atoms with van der Waals surface area (Å²) in [5, 5.41) is 0. The molecular formula is C16H27N5O2. The van der Waals surface area contributed by atoms with Gasteiger partial charge in [-0.1, -0.05) is 27.7 Å². The lowest BCUT2D eigenvalue weighted by molar-refractivity contribution is 0.540. The Labute approximate surface area is 136 Å². The van der Waals surface area contributed by atoms with Gasteiger partial charge in [0.2, 0.25) is 5.95 Å². The van der Waals surface area contributed by atoms with Crippen LogP contribution in [0.5, 0.6) is 0 Å². The van der Waals surface area contributed by atoms with Gasteiger partial charge in [0.15, 0.2) is 11.2 Å². The zero-order chi connectivity index (χ0) is 17.5. The number of imidazole rings is 1. The van der Waals surface area contributed by atoms with E-state index in [2.05, 4.69) is 37.6 Å². The Kier molecular flexibility index (Phi) is 4.68. The number of rotatable bonds is 5. The Bertz CT molecular complexity index is 816. The molecule has 0 bridgehead atoms. The Balaban J connectivity index is 2.72. The molecular weight excluding hydrogens is 294 g/mol. The Morgan fingerprint density at radius 2 is 1.43 bits per heavy atom. The van der Waals surface area contributed by atoms with Crippen LogP contribution >= 0.6 is 0 Å². The Morgan fingerprint density at radius 1 is 0.913 bits per heavy atom. The lowest BCUT2D eigenvalue weighted by Gasteiger charge is -2.27. The normalized spacial score (nSPS) is 11.9. The van der Waals surface area contributed by atoms with Crippen LogP contribution < -0.4 is 16.1 Å². The number of anilines is 1. The van der Waals surface area contributed by atoms with Gasteiger partial charge in [-0.2, -0.15) is 4.98 Å². The van der Waals surface area contributed by atoms with Gasteiger partial charge in [0, 0.05) is 34.2 Å². The van der Waals surface area contributed by atoms with Crippen molar-refractivity contribution in [2.75, 3.05) is 18.0 Å². The van der Waals surface area contributed by atoms with Crippen molar-refractivity contribution in [2.24, 2.45) is 33.0 Å². The molecule has 23 heavy (non-hydrogen) atoms. The lowest BCUT2D eigenvalue weighted by atomic mass is 10.1. The predicted octanol–water partition coefficient (Wildman–Crippen LogP) is 1.09. The molecule has 0 radical (unpaired) electrons. The van der Waals surface area contributed by atoms with Crippen LogP contribution in [-0.4, -0.2) is 31.8 Å². The molecule has 0 fully saturated rings. The van der Waals surface area contributed by atoms with Crippen LogP contribution in [0.3, 0.4) is 0 Å². The quantitative estimate of drug-likeness (QED) is 0.827. The van der Waals surface area contributed by atoms with Gasteiger partial charge in [0.1, 0.15) is 0 Å². The van der Waals surface area contributed by atoms with Crippen molar-refractivity contribution in [3.63, 3.8) is 0 Å². The Hall–Kier alpha value is -2.05. The highest BCUT2D eigenvalue weighted by atomic mass is 16.2. The lowest BCUT2D eigenvalue weighted by Crippen LogP contribution is -2.37. The largest absolute Gasteiger partial charge is 0.342 e. The SMILES string of the molecule is CC(C)CN(CC(C)C)c1nc2c(c(=O)n(C)c(=O)n2C)n1C. The summed E-state index contributed by atoms with van der Waals surface area (Å²) < 4.78 is 4.37. The highest BCUT2D eigenvalue weighted by Gasteiger charge is 2.21. The molecule has 2 rings (SSSR count). The number of nitrogens with zero attached hydrogens (tertiary/aromatic N) is 5. The van der Waals surface area contributed by atoms with Crippen LogP contribution in [-0.2, 0) is 21.1 Å². The van der Waals surface area contributed by atoms with Crippen molar-refractivity contribution in [2.45, 2.75) is 27.7 Å². The van der Waals surface area contributed by atoms with Gasteiger partial charge in [-0.3, -0.25) is 13.9 Å². The van der Waals surface area contributed by atoms with Crippen molar-refractivity contribution in [3.8, 4) is 0 Å². The number of aryl methyl sites for hydroxylation is 2. The first kappa shape index (κ1) is 17.3. The number of fused-ring (bicyclic) bond motifs is 1. The van der Waals surface area contributed by atoms with E-state index in [1.807, 2.05) is 11.6 Å². The molecule has 0 saturated carbocycles. The average molecular weight is 321 g/mol. The third-order valence-corrected chi connectivity index (χ3v) is 3.91. The fraction of sp³-hybridized carbons (Fsp3) is 0.688. The highest BCUT2D eigenvalue weighted by Crippen LogP contribution is 2.20. The van der Waals surface area contributed by atoms with Crippen LogP contribution in [0.1, 0.15) is 27.7 Å². The van der Waals surface area contributed by atoms with E-state index < -0.39 is 0 Å². The van der Waals surface area contributed by atoms with Crippen molar-refractivity contribution < 1.29 is 0 Å². The minimum atomic E-state index is -0.355. The summed E-state index contributed by atoms with van der Waals surface area (Å²) in [6, 6.07) is 0. The van der Waals surface area contributed by atoms with Crippen LogP contribution in [0.4, 0.5) is 5.95 Å². The summed E-state index contributed by atoms with van der Waals surface area (Å²) in [5.41, 5.74) is 0.236. The second-order valence-electron chi connectivity index (χ2n) is 7.04. The minimum absolute atomic E-state index is 0.307. The van der Waals surface area contributed by atoms with E-state index in [1.165, 1.54) is 11.6 Å². The first-order valence-corrected chi connectivity index (χ1v) is 8.02. The highest BCUT2D eigenvalue weighted by molar-refractivity contribution is 5.74. The van der Waals surface area contributed by atoms with E-state index in [0.717, 1.165) is 23.6 Å². The van der Waals surface area contributed by atoms with Crippen molar-refractivity contribution in [3.05, 3.63) is 20.8 Å². The summed E-state index contributed by atoms with van der Waals surface area (Å²) in [6.07, 6.45) is 0. The van der Waals surface area contributed by atoms with E-state index in [0.29, 0.717) is 23.0 Å². The molecule has 0 N–H and O–H groups in total. The number of hydrogen-bond acceptors (Lipinski definition) is 4. The fourth-order valence-electron chi connectivity index (χ4n) is 2.91. The summed E-state index contributed by atoms with van der Waals surface area (Å²) in [4.78, 5) is 31.4. The van der Waals surface area contributed by atoms with Crippen LogP contribution in [0, 0.1) is 11.8 Å². The molecule has 2 aromatic heterocycles. The van der Waals surface area contributed by atoms with Crippen LogP contribution in [0.2, 0.25) is 0 Å². The average Bonchev–Trinajstić information content (AvgIpc) is 2.79. The maximum absolute atomic E-state index is 12.5. The van der Waals surface area contributed by atoms with Crippen LogP contribution in [0.15, 0.2) is 9.59 Å². The molecule has 0 aliphatic heterocycles. The third kappa shape index (κ3) is 3.04. The molecule has 0 aromatic carbocycles. The van der Waals surface area contributed by atoms with E-state index in [-0.39, 0.29) is 11.2 Å². The summed E-state index contributed by atoms with van der Waals surface area (Å²) in [5.74, 6) is 1.68. The molecule has 0 saturated heterocycles. The second-order valence-corrected chi connectivity index (χ2v) is 7.04. The molecule has 128 valence electrons. The van der Waals surface area contributed by atoms with Gasteiger partial charge in [0.25, 0.3) is 5.56 Å². The monoisotopic (exact) mass is 321 g/mol. The fourth-order valence-corrected chi connectivity index (χ4v) is 2.91. The summed E-state index contributed by atoms with van der Waals surface area (Å²) >= 11 is 0.